The molecule has 1 aromatic heterocycles. The van der Waals surface area contributed by atoms with Gasteiger partial charge < -0.3 is 10.1 Å². The van der Waals surface area contributed by atoms with Crippen molar-refractivity contribution in [2.24, 2.45) is 0 Å². The van der Waals surface area contributed by atoms with E-state index in [9.17, 15) is 4.39 Å². The molecule has 0 aliphatic rings. The van der Waals surface area contributed by atoms with E-state index in [1.165, 1.54) is 12.1 Å². The number of benzene rings is 1. The van der Waals surface area contributed by atoms with E-state index < -0.39 is 0 Å². The van der Waals surface area contributed by atoms with Crippen molar-refractivity contribution < 1.29 is 9.13 Å². The van der Waals surface area contributed by atoms with Gasteiger partial charge in [0.25, 0.3) is 0 Å². The van der Waals surface area contributed by atoms with Crippen LogP contribution in [0.3, 0.4) is 0 Å². The average Bonchev–Trinajstić information content (AvgIpc) is 2.37. The minimum absolute atomic E-state index is 0.350. The quantitative estimate of drug-likeness (QED) is 0.772. The molecule has 1 aromatic carbocycles. The zero-order chi connectivity index (χ0) is 15.2. The van der Waals surface area contributed by atoms with E-state index in [4.69, 9.17) is 4.74 Å². The summed E-state index contributed by atoms with van der Waals surface area (Å²) in [6, 6.07) is 8.31. The number of hydrogen-bond acceptors (Lipinski definition) is 3. The van der Waals surface area contributed by atoms with Crippen molar-refractivity contribution >= 4 is 15.9 Å². The van der Waals surface area contributed by atoms with Gasteiger partial charge in [0.2, 0.25) is 5.88 Å². The molecule has 0 saturated heterocycles. The second-order valence-corrected chi connectivity index (χ2v) is 5.75. The van der Waals surface area contributed by atoms with Crippen LogP contribution in [0.2, 0.25) is 0 Å². The first kappa shape index (κ1) is 15.9. The summed E-state index contributed by atoms with van der Waals surface area (Å²) in [6.07, 6.45) is 1.09. The third-order valence-corrected chi connectivity index (χ3v) is 3.26. The molecule has 0 aliphatic heterocycles. The Morgan fingerprint density at radius 1 is 1.24 bits per heavy atom. The Morgan fingerprint density at radius 2 is 2.05 bits per heavy atom. The zero-order valence-electron chi connectivity index (χ0n) is 12.1. The number of pyridine rings is 1. The first-order valence-corrected chi connectivity index (χ1v) is 7.68. The number of aryl methyl sites for hydroxylation is 1. The monoisotopic (exact) mass is 352 g/mol. The number of nitrogens with zero attached hydrogens (tertiary/aromatic N) is 1. The second kappa shape index (κ2) is 7.52. The minimum Gasteiger partial charge on any atom is -0.439 e. The Kier molecular flexibility index (Phi) is 5.70. The lowest BCUT2D eigenvalue weighted by Gasteiger charge is -2.09. The summed E-state index contributed by atoms with van der Waals surface area (Å²) in [5, 5.41) is 3.34. The highest BCUT2D eigenvalue weighted by atomic mass is 79.9. The van der Waals surface area contributed by atoms with Crippen LogP contribution in [0.4, 0.5) is 4.39 Å². The molecule has 0 atom stereocenters. The molecule has 1 heterocycles. The van der Waals surface area contributed by atoms with Gasteiger partial charge in [-0.2, -0.15) is 0 Å². The van der Waals surface area contributed by atoms with E-state index in [0.717, 1.165) is 30.8 Å². The fourth-order valence-electron chi connectivity index (χ4n) is 1.98. The lowest BCUT2D eigenvalue weighted by molar-refractivity contribution is 0.455. The smallest absolute Gasteiger partial charge is 0.219 e. The molecule has 0 aliphatic carbocycles. The van der Waals surface area contributed by atoms with Crippen molar-refractivity contribution in [2.45, 2.75) is 26.8 Å². The Balaban J connectivity index is 2.15. The SMILES string of the molecule is CCCNCc1cc(C)nc(Oc2cc(F)cc(Br)c2)c1. The predicted octanol–water partition coefficient (Wildman–Crippen LogP) is 4.58. The van der Waals surface area contributed by atoms with Crippen molar-refractivity contribution in [1.29, 1.82) is 0 Å². The number of halogens is 2. The van der Waals surface area contributed by atoms with Gasteiger partial charge in [-0.15, -0.1) is 0 Å². The highest BCUT2D eigenvalue weighted by molar-refractivity contribution is 9.10. The van der Waals surface area contributed by atoms with Crippen LogP contribution in [-0.4, -0.2) is 11.5 Å². The highest BCUT2D eigenvalue weighted by Crippen LogP contribution is 2.25. The van der Waals surface area contributed by atoms with Crippen molar-refractivity contribution in [2.75, 3.05) is 6.54 Å². The minimum atomic E-state index is -0.350. The van der Waals surface area contributed by atoms with Crippen LogP contribution in [0.5, 0.6) is 11.6 Å². The first-order chi connectivity index (χ1) is 10.1. The predicted molar refractivity (Wildman–Crippen MR) is 85.1 cm³/mol. The molecule has 1 N–H and O–H groups in total. The van der Waals surface area contributed by atoms with E-state index in [0.29, 0.717) is 16.1 Å². The summed E-state index contributed by atoms with van der Waals surface area (Å²) in [5.74, 6) is 0.546. The Hall–Kier alpha value is -1.46. The van der Waals surface area contributed by atoms with Gasteiger partial charge in [0.05, 0.1) is 0 Å². The van der Waals surface area contributed by atoms with Gasteiger partial charge in [-0.05, 0) is 43.7 Å². The molecule has 0 bridgehead atoms. The van der Waals surface area contributed by atoms with Crippen LogP contribution in [0.1, 0.15) is 24.6 Å². The molecule has 0 unspecified atom stereocenters. The maximum absolute atomic E-state index is 13.4. The molecule has 112 valence electrons. The van der Waals surface area contributed by atoms with Gasteiger partial charge in [-0.1, -0.05) is 22.9 Å². The molecule has 2 aromatic rings. The van der Waals surface area contributed by atoms with Crippen molar-refractivity contribution in [3.05, 3.63) is 51.9 Å². The van der Waals surface area contributed by atoms with E-state index in [2.05, 4.69) is 33.2 Å². The van der Waals surface area contributed by atoms with Crippen molar-refractivity contribution in [3.8, 4) is 11.6 Å². The van der Waals surface area contributed by atoms with Gasteiger partial charge >= 0.3 is 0 Å². The van der Waals surface area contributed by atoms with Crippen LogP contribution in [0.25, 0.3) is 0 Å². The molecule has 21 heavy (non-hydrogen) atoms. The first-order valence-electron chi connectivity index (χ1n) is 6.89. The van der Waals surface area contributed by atoms with Crippen LogP contribution >= 0.6 is 15.9 Å². The summed E-state index contributed by atoms with van der Waals surface area (Å²) < 4.78 is 19.6. The maximum Gasteiger partial charge on any atom is 0.219 e. The molecule has 0 spiro atoms. The molecular weight excluding hydrogens is 335 g/mol. The lowest BCUT2D eigenvalue weighted by Crippen LogP contribution is -2.14. The van der Waals surface area contributed by atoms with Gasteiger partial charge in [-0.3, -0.25) is 0 Å². The number of hydrogen-bond donors (Lipinski definition) is 1. The molecule has 0 fully saturated rings. The number of ether oxygens (including phenoxy) is 1. The largest absolute Gasteiger partial charge is 0.439 e. The molecule has 0 saturated carbocycles. The molecule has 0 radical (unpaired) electrons. The molecule has 5 heteroatoms. The third-order valence-electron chi connectivity index (χ3n) is 2.80. The van der Waals surface area contributed by atoms with Gasteiger partial charge in [-0.25, -0.2) is 9.37 Å². The van der Waals surface area contributed by atoms with Crippen LogP contribution < -0.4 is 10.1 Å². The van der Waals surface area contributed by atoms with Crippen LogP contribution in [0, 0.1) is 12.7 Å². The van der Waals surface area contributed by atoms with Gasteiger partial charge in [0.1, 0.15) is 11.6 Å². The van der Waals surface area contributed by atoms with E-state index in [1.807, 2.05) is 19.1 Å². The van der Waals surface area contributed by atoms with Gasteiger partial charge in [0, 0.05) is 28.8 Å². The maximum atomic E-state index is 13.4. The molecule has 3 nitrogen and oxygen atoms in total. The highest BCUT2D eigenvalue weighted by Gasteiger charge is 2.05. The lowest BCUT2D eigenvalue weighted by atomic mass is 10.2. The second-order valence-electron chi connectivity index (χ2n) is 4.84. The van der Waals surface area contributed by atoms with Crippen LogP contribution in [-0.2, 0) is 6.54 Å². The van der Waals surface area contributed by atoms with E-state index in [1.54, 1.807) is 6.07 Å². The Morgan fingerprint density at radius 3 is 2.76 bits per heavy atom. The number of nitrogens with one attached hydrogen (secondary N) is 1. The fraction of sp³-hybridized carbons (Fsp3) is 0.312. The summed E-state index contributed by atoms with van der Waals surface area (Å²) in [4.78, 5) is 4.33. The average molecular weight is 353 g/mol. The third kappa shape index (κ3) is 5.10. The molecule has 2 rings (SSSR count). The zero-order valence-corrected chi connectivity index (χ0v) is 13.7. The normalized spacial score (nSPS) is 10.7. The summed E-state index contributed by atoms with van der Waals surface area (Å²) >= 11 is 3.25. The summed E-state index contributed by atoms with van der Waals surface area (Å²) in [7, 11) is 0. The molecular formula is C16H18BrFN2O. The molecule has 0 amide bonds. The van der Waals surface area contributed by atoms with E-state index in [-0.39, 0.29) is 5.82 Å². The summed E-state index contributed by atoms with van der Waals surface area (Å²) in [6.45, 7) is 5.77. The summed E-state index contributed by atoms with van der Waals surface area (Å²) in [5.41, 5.74) is 1.97. The Labute approximate surface area is 132 Å². The number of rotatable bonds is 6. The standard InChI is InChI=1S/C16H18BrFN2O/c1-3-4-19-10-12-5-11(2)20-16(6-12)21-15-8-13(17)7-14(18)9-15/h5-9,19H,3-4,10H2,1-2H3. The Bertz CT molecular complexity index is 599. The van der Waals surface area contributed by atoms with Crippen LogP contribution in [0.15, 0.2) is 34.8 Å². The van der Waals surface area contributed by atoms with Gasteiger partial charge in [0.15, 0.2) is 0 Å². The van der Waals surface area contributed by atoms with Crippen molar-refractivity contribution in [1.82, 2.24) is 10.3 Å². The topological polar surface area (TPSA) is 34.2 Å². The van der Waals surface area contributed by atoms with Crippen molar-refractivity contribution in [3.63, 3.8) is 0 Å². The van der Waals surface area contributed by atoms with E-state index >= 15 is 0 Å². The fourth-order valence-corrected chi connectivity index (χ4v) is 2.42. The number of aromatic nitrogens is 1.